The van der Waals surface area contributed by atoms with E-state index in [1.807, 2.05) is 66.7 Å². The van der Waals surface area contributed by atoms with E-state index in [1.165, 1.54) is 17.3 Å². The van der Waals surface area contributed by atoms with Gasteiger partial charge in [-0.05, 0) is 87.6 Å². The lowest BCUT2D eigenvalue weighted by molar-refractivity contribution is -0.114. The monoisotopic (exact) mass is 627 g/mol. The number of nitrogens with one attached hydrogen (secondary N) is 3. The van der Waals surface area contributed by atoms with Crippen LogP contribution in [0, 0.1) is 0 Å². The maximum absolute atomic E-state index is 13.3. The van der Waals surface area contributed by atoms with Crippen LogP contribution in [0.1, 0.15) is 41.3 Å². The summed E-state index contributed by atoms with van der Waals surface area (Å²) in [5, 5.41) is 8.51. The highest BCUT2D eigenvalue weighted by atomic mass is 79.9. The molecule has 6 nitrogen and oxygen atoms in total. The molecule has 208 valence electrons. The molecule has 0 atom stereocenters. The van der Waals surface area contributed by atoms with Crippen molar-refractivity contribution in [3.05, 3.63) is 130 Å². The molecule has 4 aromatic carbocycles. The van der Waals surface area contributed by atoms with Crippen LogP contribution in [0.15, 0.2) is 118 Å². The van der Waals surface area contributed by atoms with E-state index >= 15 is 0 Å². The zero-order chi connectivity index (χ0) is 29.2. The van der Waals surface area contributed by atoms with E-state index in [0.29, 0.717) is 17.2 Å². The molecule has 0 fully saturated rings. The molecule has 4 aromatic rings. The number of anilines is 2. The number of carbonyl (C=O) groups excluding carboxylic acids is 3. The van der Waals surface area contributed by atoms with Crippen molar-refractivity contribution in [1.82, 2.24) is 5.32 Å². The Morgan fingerprint density at radius 3 is 2.12 bits per heavy atom. The second kappa shape index (κ2) is 14.5. The predicted molar refractivity (Wildman–Crippen MR) is 171 cm³/mol. The molecule has 3 N–H and O–H groups in total. The van der Waals surface area contributed by atoms with Gasteiger partial charge < -0.3 is 16.0 Å². The Morgan fingerprint density at radius 1 is 0.805 bits per heavy atom. The van der Waals surface area contributed by atoms with Crippen LogP contribution in [0.2, 0.25) is 0 Å². The predicted octanol–water partition coefficient (Wildman–Crippen LogP) is 7.71. The number of carbonyl (C=O) groups is 3. The van der Waals surface area contributed by atoms with Crippen LogP contribution in [-0.4, -0.2) is 23.5 Å². The first-order chi connectivity index (χ1) is 19.8. The highest BCUT2D eigenvalue weighted by molar-refractivity contribution is 9.10. The van der Waals surface area contributed by atoms with Gasteiger partial charge in [0, 0.05) is 20.6 Å². The summed E-state index contributed by atoms with van der Waals surface area (Å²) in [4.78, 5) is 39.4. The Bertz CT molecular complexity index is 1540. The van der Waals surface area contributed by atoms with Crippen LogP contribution in [-0.2, 0) is 9.59 Å². The molecule has 0 aromatic heterocycles. The third kappa shape index (κ3) is 8.93. The Balaban J connectivity index is 1.42. The number of benzene rings is 4. The number of hydrogen-bond acceptors (Lipinski definition) is 4. The smallest absolute Gasteiger partial charge is 0.272 e. The van der Waals surface area contributed by atoms with Crippen LogP contribution < -0.4 is 16.0 Å². The van der Waals surface area contributed by atoms with E-state index in [-0.39, 0.29) is 23.3 Å². The van der Waals surface area contributed by atoms with Crippen molar-refractivity contribution in [2.75, 3.05) is 16.4 Å². The average Bonchev–Trinajstić information content (AvgIpc) is 2.98. The molecule has 4 rings (SSSR count). The summed E-state index contributed by atoms with van der Waals surface area (Å²) < 4.78 is 0.819. The van der Waals surface area contributed by atoms with Crippen molar-refractivity contribution in [3.63, 3.8) is 0 Å². The molecule has 0 aliphatic rings. The van der Waals surface area contributed by atoms with Crippen LogP contribution in [0.4, 0.5) is 11.4 Å². The van der Waals surface area contributed by atoms with Gasteiger partial charge in [-0.15, -0.1) is 11.8 Å². The van der Waals surface area contributed by atoms with Gasteiger partial charge in [0.15, 0.2) is 0 Å². The standard InChI is InChI=1S/C33H30BrN3O3S/c1-22(2)24-14-12-23(13-15-24)20-30(37-32(39)25-8-4-3-5-9-25)33(40)35-26-16-18-27(19-17-26)41-21-31(38)36-29-11-7-6-10-28(29)34/h3-20,22H,21H2,1-2H3,(H,35,40)(H,36,38)(H,37,39)/b30-20-. The summed E-state index contributed by atoms with van der Waals surface area (Å²) in [5.74, 6) is -0.324. The van der Waals surface area contributed by atoms with E-state index in [4.69, 9.17) is 0 Å². The molecule has 0 saturated carbocycles. The van der Waals surface area contributed by atoms with Crippen molar-refractivity contribution in [3.8, 4) is 0 Å². The fourth-order valence-electron chi connectivity index (χ4n) is 3.82. The van der Waals surface area contributed by atoms with Gasteiger partial charge in [-0.2, -0.15) is 0 Å². The lowest BCUT2D eigenvalue weighted by Gasteiger charge is -2.12. The highest BCUT2D eigenvalue weighted by Crippen LogP contribution is 2.24. The molecule has 0 unspecified atom stereocenters. The van der Waals surface area contributed by atoms with Crippen LogP contribution >= 0.6 is 27.7 Å². The Morgan fingerprint density at radius 2 is 1.46 bits per heavy atom. The van der Waals surface area contributed by atoms with Crippen LogP contribution in [0.3, 0.4) is 0 Å². The molecule has 8 heteroatoms. The first kappa shape index (κ1) is 29.8. The first-order valence-corrected chi connectivity index (χ1v) is 14.8. The molecule has 0 aliphatic heterocycles. The first-order valence-electron chi connectivity index (χ1n) is 13.0. The molecular formula is C33H30BrN3O3S. The SMILES string of the molecule is CC(C)c1ccc(/C=C(\NC(=O)c2ccccc2)C(=O)Nc2ccc(SCC(=O)Nc3ccccc3Br)cc2)cc1. The highest BCUT2D eigenvalue weighted by Gasteiger charge is 2.15. The normalized spacial score (nSPS) is 11.2. The van der Waals surface area contributed by atoms with Gasteiger partial charge >= 0.3 is 0 Å². The molecule has 0 heterocycles. The quantitative estimate of drug-likeness (QED) is 0.124. The van der Waals surface area contributed by atoms with Crippen molar-refractivity contribution < 1.29 is 14.4 Å². The molecule has 41 heavy (non-hydrogen) atoms. The summed E-state index contributed by atoms with van der Waals surface area (Å²) in [5.41, 5.74) is 3.83. The average molecular weight is 629 g/mol. The van der Waals surface area contributed by atoms with Gasteiger partial charge in [-0.3, -0.25) is 14.4 Å². The molecule has 0 spiro atoms. The summed E-state index contributed by atoms with van der Waals surface area (Å²) >= 11 is 4.82. The van der Waals surface area contributed by atoms with E-state index in [1.54, 1.807) is 42.5 Å². The van der Waals surface area contributed by atoms with Gasteiger partial charge in [0.05, 0.1) is 11.4 Å². The maximum Gasteiger partial charge on any atom is 0.272 e. The molecule has 0 radical (unpaired) electrons. The van der Waals surface area contributed by atoms with Gasteiger partial charge in [0.2, 0.25) is 5.91 Å². The Kier molecular flexibility index (Phi) is 10.5. The number of thioether (sulfide) groups is 1. The summed E-state index contributed by atoms with van der Waals surface area (Å²) in [6, 6.07) is 31.3. The second-order valence-electron chi connectivity index (χ2n) is 9.49. The summed E-state index contributed by atoms with van der Waals surface area (Å²) in [6.07, 6.45) is 1.66. The van der Waals surface area contributed by atoms with Crippen molar-refractivity contribution in [2.24, 2.45) is 0 Å². The van der Waals surface area contributed by atoms with Crippen LogP contribution in [0.25, 0.3) is 6.08 Å². The largest absolute Gasteiger partial charge is 0.324 e. The van der Waals surface area contributed by atoms with E-state index in [0.717, 1.165) is 20.6 Å². The molecule has 3 amide bonds. The van der Waals surface area contributed by atoms with E-state index in [9.17, 15) is 14.4 Å². The topological polar surface area (TPSA) is 87.3 Å². The van der Waals surface area contributed by atoms with Gasteiger partial charge in [-0.25, -0.2) is 0 Å². The second-order valence-corrected chi connectivity index (χ2v) is 11.4. The summed E-state index contributed by atoms with van der Waals surface area (Å²) in [6.45, 7) is 4.23. The van der Waals surface area contributed by atoms with Gasteiger partial charge in [-0.1, -0.05) is 68.4 Å². The minimum atomic E-state index is -0.449. The van der Waals surface area contributed by atoms with Crippen molar-refractivity contribution >= 4 is 62.9 Å². The fourth-order valence-corrected chi connectivity index (χ4v) is 4.90. The Labute approximate surface area is 252 Å². The number of amides is 3. The summed E-state index contributed by atoms with van der Waals surface area (Å²) in [7, 11) is 0. The zero-order valence-electron chi connectivity index (χ0n) is 22.7. The molecule has 0 bridgehead atoms. The minimum Gasteiger partial charge on any atom is -0.324 e. The maximum atomic E-state index is 13.3. The number of rotatable bonds is 10. The van der Waals surface area contributed by atoms with E-state index in [2.05, 4.69) is 45.7 Å². The number of hydrogen-bond donors (Lipinski definition) is 3. The van der Waals surface area contributed by atoms with E-state index < -0.39 is 5.91 Å². The third-order valence-corrected chi connectivity index (χ3v) is 7.78. The third-order valence-electron chi connectivity index (χ3n) is 6.07. The molecule has 0 saturated heterocycles. The molecular weight excluding hydrogens is 598 g/mol. The van der Waals surface area contributed by atoms with Crippen molar-refractivity contribution in [2.45, 2.75) is 24.7 Å². The van der Waals surface area contributed by atoms with Gasteiger partial charge in [0.25, 0.3) is 11.8 Å². The number of para-hydroxylation sites is 1. The lowest BCUT2D eigenvalue weighted by Crippen LogP contribution is -2.30. The zero-order valence-corrected chi connectivity index (χ0v) is 25.1. The lowest BCUT2D eigenvalue weighted by atomic mass is 10.0. The minimum absolute atomic E-state index is 0.121. The molecule has 0 aliphatic carbocycles. The fraction of sp³-hybridized carbons (Fsp3) is 0.121. The number of halogens is 1. The van der Waals surface area contributed by atoms with Gasteiger partial charge in [0.1, 0.15) is 5.70 Å². The Hall–Kier alpha value is -4.14. The van der Waals surface area contributed by atoms with Crippen LogP contribution in [0.5, 0.6) is 0 Å². The van der Waals surface area contributed by atoms with Crippen molar-refractivity contribution in [1.29, 1.82) is 0 Å².